The van der Waals surface area contributed by atoms with Gasteiger partial charge in [-0.15, -0.1) is 0 Å². The molecular formula is C43H26N6. The summed E-state index contributed by atoms with van der Waals surface area (Å²) < 4.78 is 2.34. The SMILES string of the molecule is c1ccc(-c2nc(-c3ccccc3)nc(-c3ccccc3-n3c4ccccc4c4cc5c6ccccc6c6nccnc6c5cc43)n2)cc1. The van der Waals surface area contributed by atoms with E-state index < -0.39 is 0 Å². The maximum absolute atomic E-state index is 5.10. The first-order chi connectivity index (χ1) is 24.3. The Labute approximate surface area is 281 Å². The van der Waals surface area contributed by atoms with Crippen LogP contribution in [0.15, 0.2) is 158 Å². The van der Waals surface area contributed by atoms with Crippen LogP contribution in [0.2, 0.25) is 0 Å². The molecule has 3 heterocycles. The lowest BCUT2D eigenvalue weighted by Crippen LogP contribution is -2.03. The van der Waals surface area contributed by atoms with Crippen molar-refractivity contribution in [1.29, 1.82) is 0 Å². The van der Waals surface area contributed by atoms with E-state index in [1.165, 1.54) is 5.39 Å². The molecule has 0 aliphatic carbocycles. The largest absolute Gasteiger partial charge is 0.308 e. The minimum atomic E-state index is 0.609. The molecule has 6 nitrogen and oxygen atoms in total. The van der Waals surface area contributed by atoms with Crippen molar-refractivity contribution in [2.45, 2.75) is 0 Å². The number of aromatic nitrogens is 6. The van der Waals surface area contributed by atoms with Crippen molar-refractivity contribution < 1.29 is 0 Å². The molecule has 3 aromatic heterocycles. The molecule has 0 amide bonds. The fourth-order valence-electron chi connectivity index (χ4n) is 7.14. The van der Waals surface area contributed by atoms with E-state index in [4.69, 9.17) is 24.9 Å². The number of hydrogen-bond donors (Lipinski definition) is 0. The van der Waals surface area contributed by atoms with E-state index in [2.05, 4.69) is 83.4 Å². The summed E-state index contributed by atoms with van der Waals surface area (Å²) >= 11 is 0. The third-order valence-corrected chi connectivity index (χ3v) is 9.32. The molecule has 0 spiro atoms. The summed E-state index contributed by atoms with van der Waals surface area (Å²) in [5.74, 6) is 1.87. The molecule has 0 radical (unpaired) electrons. The third-order valence-electron chi connectivity index (χ3n) is 9.32. The molecule has 0 atom stereocenters. The molecular weight excluding hydrogens is 601 g/mol. The third kappa shape index (κ3) is 4.31. The van der Waals surface area contributed by atoms with Gasteiger partial charge in [0.05, 0.1) is 27.8 Å². The van der Waals surface area contributed by atoms with Gasteiger partial charge >= 0.3 is 0 Å². The lowest BCUT2D eigenvalue weighted by molar-refractivity contribution is 1.06. The molecule has 0 aliphatic heterocycles. The van der Waals surface area contributed by atoms with Gasteiger partial charge in [0.25, 0.3) is 0 Å². The van der Waals surface area contributed by atoms with Gasteiger partial charge in [-0.1, -0.05) is 115 Å². The van der Waals surface area contributed by atoms with Gasteiger partial charge in [0, 0.05) is 50.6 Å². The zero-order chi connectivity index (χ0) is 32.3. The second-order valence-electron chi connectivity index (χ2n) is 12.1. The molecule has 7 aromatic carbocycles. The number of rotatable bonds is 4. The molecule has 0 aliphatic rings. The Balaban J connectivity index is 1.30. The Morgan fingerprint density at radius 2 is 0.918 bits per heavy atom. The zero-order valence-electron chi connectivity index (χ0n) is 26.2. The second kappa shape index (κ2) is 10.9. The number of benzene rings is 7. The van der Waals surface area contributed by atoms with Crippen molar-refractivity contribution in [3.8, 4) is 39.9 Å². The summed E-state index contributed by atoms with van der Waals surface area (Å²) in [4.78, 5) is 24.8. The van der Waals surface area contributed by atoms with Gasteiger partial charge in [-0.3, -0.25) is 9.97 Å². The Morgan fingerprint density at radius 1 is 0.367 bits per heavy atom. The highest BCUT2D eigenvalue weighted by atomic mass is 15.1. The first-order valence-electron chi connectivity index (χ1n) is 16.3. The van der Waals surface area contributed by atoms with Crippen LogP contribution < -0.4 is 0 Å². The number of nitrogens with zero attached hydrogens (tertiary/aromatic N) is 6. The molecule has 6 heteroatoms. The van der Waals surface area contributed by atoms with Crippen LogP contribution in [0.5, 0.6) is 0 Å². The first-order valence-corrected chi connectivity index (χ1v) is 16.3. The first kappa shape index (κ1) is 27.3. The molecule has 0 N–H and O–H groups in total. The van der Waals surface area contributed by atoms with Crippen molar-refractivity contribution in [3.05, 3.63) is 158 Å². The lowest BCUT2D eigenvalue weighted by atomic mass is 9.97. The van der Waals surface area contributed by atoms with E-state index in [1.807, 2.05) is 66.7 Å². The van der Waals surface area contributed by atoms with Crippen LogP contribution in [0.3, 0.4) is 0 Å². The summed E-state index contributed by atoms with van der Waals surface area (Å²) in [6.45, 7) is 0. The highest BCUT2D eigenvalue weighted by molar-refractivity contribution is 6.27. The minimum Gasteiger partial charge on any atom is -0.308 e. The van der Waals surface area contributed by atoms with Crippen LogP contribution in [0.1, 0.15) is 0 Å². The van der Waals surface area contributed by atoms with E-state index in [0.29, 0.717) is 17.5 Å². The van der Waals surface area contributed by atoms with Crippen LogP contribution in [-0.4, -0.2) is 29.5 Å². The predicted octanol–water partition coefficient (Wildman–Crippen LogP) is 10.2. The van der Waals surface area contributed by atoms with Gasteiger partial charge in [-0.05, 0) is 41.1 Å². The van der Waals surface area contributed by atoms with Crippen LogP contribution in [-0.2, 0) is 0 Å². The topological polar surface area (TPSA) is 69.4 Å². The summed E-state index contributed by atoms with van der Waals surface area (Å²) in [6.07, 6.45) is 3.55. The van der Waals surface area contributed by atoms with Crippen molar-refractivity contribution in [1.82, 2.24) is 29.5 Å². The minimum absolute atomic E-state index is 0.609. The summed E-state index contributed by atoms with van der Waals surface area (Å²) in [6, 6.07) is 50.2. The van der Waals surface area contributed by atoms with E-state index >= 15 is 0 Å². The fourth-order valence-corrected chi connectivity index (χ4v) is 7.14. The molecule has 228 valence electrons. The molecule has 0 saturated heterocycles. The highest BCUT2D eigenvalue weighted by Gasteiger charge is 2.21. The average molecular weight is 627 g/mol. The van der Waals surface area contributed by atoms with Gasteiger partial charge in [0.1, 0.15) is 0 Å². The normalized spacial score (nSPS) is 11.7. The highest BCUT2D eigenvalue weighted by Crippen LogP contribution is 2.41. The Bertz CT molecular complexity index is 2820. The van der Waals surface area contributed by atoms with Crippen LogP contribution in [0.4, 0.5) is 0 Å². The molecule has 0 fully saturated rings. The standard InChI is InChI=1S/C43H26N6/c1-3-13-27(14-4-1)41-46-42(28-15-5-2-6-16-28)48-43(47-41)32-20-10-12-22-37(32)49-36-21-11-9-18-30(36)34-25-33-29-17-7-8-19-31(29)39-40(45-24-23-44-39)35(33)26-38(34)49/h1-26H. The number of hydrogen-bond acceptors (Lipinski definition) is 5. The van der Waals surface area contributed by atoms with Gasteiger partial charge in [0.15, 0.2) is 17.5 Å². The van der Waals surface area contributed by atoms with E-state index in [-0.39, 0.29) is 0 Å². The summed E-state index contributed by atoms with van der Waals surface area (Å²) in [5, 5.41) is 6.82. The Hall–Kier alpha value is -6.79. The van der Waals surface area contributed by atoms with E-state index in [9.17, 15) is 0 Å². The molecule has 10 rings (SSSR count). The number of para-hydroxylation sites is 2. The summed E-state index contributed by atoms with van der Waals surface area (Å²) in [7, 11) is 0. The average Bonchev–Trinajstić information content (AvgIpc) is 3.51. The fraction of sp³-hybridized carbons (Fsp3) is 0. The van der Waals surface area contributed by atoms with Crippen molar-refractivity contribution in [2.24, 2.45) is 0 Å². The van der Waals surface area contributed by atoms with Crippen LogP contribution in [0, 0.1) is 0 Å². The molecule has 0 bridgehead atoms. The second-order valence-corrected chi connectivity index (χ2v) is 12.1. The van der Waals surface area contributed by atoms with Gasteiger partial charge in [-0.2, -0.15) is 0 Å². The van der Waals surface area contributed by atoms with Crippen molar-refractivity contribution >= 4 is 54.4 Å². The maximum Gasteiger partial charge on any atom is 0.166 e. The van der Waals surface area contributed by atoms with Gasteiger partial charge in [-0.25, -0.2) is 15.0 Å². The molecule has 0 saturated carbocycles. The molecule has 10 aromatic rings. The van der Waals surface area contributed by atoms with Gasteiger partial charge < -0.3 is 4.57 Å². The predicted molar refractivity (Wildman–Crippen MR) is 199 cm³/mol. The Morgan fingerprint density at radius 3 is 1.63 bits per heavy atom. The smallest absolute Gasteiger partial charge is 0.166 e. The van der Waals surface area contributed by atoms with Crippen LogP contribution >= 0.6 is 0 Å². The molecule has 49 heavy (non-hydrogen) atoms. The van der Waals surface area contributed by atoms with Gasteiger partial charge in [0.2, 0.25) is 0 Å². The Kier molecular flexibility index (Phi) is 6.08. The monoisotopic (exact) mass is 626 g/mol. The van der Waals surface area contributed by atoms with Crippen molar-refractivity contribution in [2.75, 3.05) is 0 Å². The zero-order valence-corrected chi connectivity index (χ0v) is 26.2. The number of fused-ring (bicyclic) bond motifs is 9. The lowest BCUT2D eigenvalue weighted by Gasteiger charge is -2.15. The molecule has 0 unspecified atom stereocenters. The van der Waals surface area contributed by atoms with E-state index in [1.54, 1.807) is 12.4 Å². The quantitative estimate of drug-likeness (QED) is 0.182. The van der Waals surface area contributed by atoms with Crippen molar-refractivity contribution in [3.63, 3.8) is 0 Å². The summed E-state index contributed by atoms with van der Waals surface area (Å²) in [5.41, 5.74) is 7.72. The van der Waals surface area contributed by atoms with E-state index in [0.717, 1.165) is 71.4 Å². The van der Waals surface area contributed by atoms with Crippen LogP contribution in [0.25, 0.3) is 94.2 Å². The maximum atomic E-state index is 5.10.